The summed E-state index contributed by atoms with van der Waals surface area (Å²) in [6.45, 7) is 0.580. The average molecular weight is 485 g/mol. The van der Waals surface area contributed by atoms with E-state index < -0.39 is 33.2 Å². The second-order valence-electron chi connectivity index (χ2n) is 8.92. The number of piperidine rings is 2. The molecule has 0 amide bonds. The number of fused-ring (bicyclic) bond motifs is 4. The summed E-state index contributed by atoms with van der Waals surface area (Å²) < 4.78 is 46.3. The van der Waals surface area contributed by atoms with Gasteiger partial charge in [0.05, 0.1) is 23.2 Å². The number of carbonyl (C=O) groups is 1. The molecule has 1 saturated carbocycles. The van der Waals surface area contributed by atoms with Gasteiger partial charge in [0.2, 0.25) is 0 Å². The van der Waals surface area contributed by atoms with Crippen LogP contribution in [0.3, 0.4) is 0 Å². The number of hydrogen-bond donors (Lipinski definition) is 1. The molecule has 0 radical (unpaired) electrons. The van der Waals surface area contributed by atoms with Gasteiger partial charge >= 0.3 is 5.97 Å². The van der Waals surface area contributed by atoms with Crippen LogP contribution in [0.2, 0.25) is 0 Å². The number of aromatic nitrogens is 1. The van der Waals surface area contributed by atoms with Gasteiger partial charge in [-0.3, -0.25) is 4.79 Å². The molecule has 3 fully saturated rings. The highest BCUT2D eigenvalue weighted by molar-refractivity contribution is 7.90. The molecule has 2 aromatic carbocycles. The molecular weight excluding hydrogens is 456 g/mol. The number of carbonyl (C=O) groups excluding carboxylic acids is 1. The molecule has 6 rings (SSSR count). The number of hydrogen-bond acceptors (Lipinski definition) is 7. The van der Waals surface area contributed by atoms with Crippen LogP contribution in [-0.4, -0.2) is 58.1 Å². The smallest absolute Gasteiger partial charge is 0.319 e. The number of esters is 1. The van der Waals surface area contributed by atoms with Gasteiger partial charge in [0.1, 0.15) is 5.41 Å². The lowest BCUT2D eigenvalue weighted by atomic mass is 9.59. The molecule has 1 N–H and O–H groups in total. The van der Waals surface area contributed by atoms with E-state index in [9.17, 15) is 13.2 Å². The van der Waals surface area contributed by atoms with Gasteiger partial charge in [0.25, 0.3) is 10.0 Å². The van der Waals surface area contributed by atoms with Crippen LogP contribution in [0.4, 0.5) is 0 Å². The van der Waals surface area contributed by atoms with Crippen molar-refractivity contribution in [3.63, 3.8) is 0 Å². The molecule has 1 aliphatic carbocycles. The Balaban J connectivity index is 1.80. The van der Waals surface area contributed by atoms with Crippen molar-refractivity contribution in [1.29, 1.82) is 0 Å². The fraction of sp³-hybridized carbons (Fsp3) is 0.400. The summed E-state index contributed by atoms with van der Waals surface area (Å²) in [5, 5.41) is 4.17. The Bertz CT molecular complexity index is 1330. The molecule has 8 nitrogen and oxygen atoms in total. The standard InChI is InChI=1S/C25H28N2O6S/c1-31-23(28)24(14-18-16-26-21(24)15-25(18,32-2)33-3)22-13-17-9-7-8-12-20(17)27(22)34(29,30)19-10-5-4-6-11-19/h4-13,18,21,26H,14-16H2,1-3H3/t18-,21+,24+/m0/s1. The summed E-state index contributed by atoms with van der Waals surface area (Å²) in [7, 11) is 0.514. The second kappa shape index (κ2) is 8.20. The molecule has 2 aliphatic heterocycles. The van der Waals surface area contributed by atoms with Crippen LogP contribution in [0.25, 0.3) is 10.9 Å². The van der Waals surface area contributed by atoms with Crippen molar-refractivity contribution in [3.05, 3.63) is 66.4 Å². The Hall–Kier alpha value is -2.72. The first-order valence-corrected chi connectivity index (χ1v) is 12.6. The summed E-state index contributed by atoms with van der Waals surface area (Å²) in [4.78, 5) is 13.8. The van der Waals surface area contributed by atoms with Crippen molar-refractivity contribution in [2.45, 2.75) is 35.0 Å². The highest BCUT2D eigenvalue weighted by Gasteiger charge is 2.64. The molecule has 3 aromatic rings. The summed E-state index contributed by atoms with van der Waals surface area (Å²) in [6.07, 6.45) is 0.687. The molecule has 2 bridgehead atoms. The maximum atomic E-state index is 14.0. The number of rotatable bonds is 6. The quantitative estimate of drug-likeness (QED) is 0.425. The highest BCUT2D eigenvalue weighted by Crippen LogP contribution is 2.52. The summed E-state index contributed by atoms with van der Waals surface area (Å²) in [5.41, 5.74) is -0.359. The van der Waals surface area contributed by atoms with Gasteiger partial charge < -0.3 is 19.5 Å². The molecule has 34 heavy (non-hydrogen) atoms. The number of benzene rings is 2. The van der Waals surface area contributed by atoms with E-state index in [2.05, 4.69) is 5.32 Å². The zero-order valence-electron chi connectivity index (χ0n) is 19.4. The lowest BCUT2D eigenvalue weighted by Crippen LogP contribution is -2.71. The molecule has 0 unspecified atom stereocenters. The van der Waals surface area contributed by atoms with Crippen molar-refractivity contribution >= 4 is 26.9 Å². The highest BCUT2D eigenvalue weighted by atomic mass is 32.2. The number of nitrogens with zero attached hydrogens (tertiary/aromatic N) is 1. The third kappa shape index (κ3) is 3.07. The maximum Gasteiger partial charge on any atom is 0.319 e. The Morgan fingerprint density at radius 3 is 2.29 bits per heavy atom. The van der Waals surface area contributed by atoms with E-state index in [4.69, 9.17) is 14.2 Å². The SMILES string of the molecule is COC(=O)[C@]1(c2cc3ccccc3n2S(=O)(=O)c2ccccc2)C[C@H]2CN[C@@H]1CC2(OC)OC. The van der Waals surface area contributed by atoms with Crippen LogP contribution in [-0.2, 0) is 34.4 Å². The number of para-hydroxylation sites is 1. The maximum absolute atomic E-state index is 14.0. The van der Waals surface area contributed by atoms with Gasteiger partial charge in [-0.25, -0.2) is 12.4 Å². The van der Waals surface area contributed by atoms with E-state index in [1.807, 2.05) is 12.1 Å². The van der Waals surface area contributed by atoms with Crippen LogP contribution < -0.4 is 5.32 Å². The van der Waals surface area contributed by atoms with Gasteiger partial charge in [-0.1, -0.05) is 36.4 Å². The summed E-state index contributed by atoms with van der Waals surface area (Å²) in [5.74, 6) is -1.54. The summed E-state index contributed by atoms with van der Waals surface area (Å²) in [6, 6.07) is 16.8. The van der Waals surface area contributed by atoms with Gasteiger partial charge in [-0.2, -0.15) is 0 Å². The first-order valence-electron chi connectivity index (χ1n) is 11.2. The van der Waals surface area contributed by atoms with Crippen molar-refractivity contribution < 1.29 is 27.4 Å². The van der Waals surface area contributed by atoms with E-state index in [1.165, 1.54) is 11.1 Å². The summed E-state index contributed by atoms with van der Waals surface area (Å²) >= 11 is 0. The first-order chi connectivity index (χ1) is 16.3. The molecule has 3 aliphatic rings. The Morgan fingerprint density at radius 2 is 1.68 bits per heavy atom. The van der Waals surface area contributed by atoms with Crippen LogP contribution in [0.15, 0.2) is 65.6 Å². The van der Waals surface area contributed by atoms with Gasteiger partial charge in [0.15, 0.2) is 5.79 Å². The lowest BCUT2D eigenvalue weighted by Gasteiger charge is -2.57. The van der Waals surface area contributed by atoms with Crippen LogP contribution in [0.5, 0.6) is 0 Å². The van der Waals surface area contributed by atoms with Gasteiger partial charge in [-0.15, -0.1) is 0 Å². The number of methoxy groups -OCH3 is 3. The average Bonchev–Trinajstić information content (AvgIpc) is 3.29. The molecule has 9 heteroatoms. The molecule has 3 heterocycles. The van der Waals surface area contributed by atoms with Crippen LogP contribution in [0.1, 0.15) is 18.5 Å². The third-order valence-electron chi connectivity index (χ3n) is 7.53. The molecular formula is C25H28N2O6S. The van der Waals surface area contributed by atoms with Crippen molar-refractivity contribution in [2.75, 3.05) is 27.9 Å². The molecule has 3 atom stereocenters. The van der Waals surface area contributed by atoms with E-state index in [1.54, 1.807) is 62.8 Å². The third-order valence-corrected chi connectivity index (χ3v) is 9.27. The predicted molar refractivity (Wildman–Crippen MR) is 126 cm³/mol. The van der Waals surface area contributed by atoms with Gasteiger partial charge in [0, 0.05) is 44.5 Å². The van der Waals surface area contributed by atoms with E-state index in [-0.39, 0.29) is 10.8 Å². The molecule has 0 spiro atoms. The largest absolute Gasteiger partial charge is 0.468 e. The van der Waals surface area contributed by atoms with Crippen LogP contribution >= 0.6 is 0 Å². The number of ether oxygens (including phenoxy) is 3. The molecule has 1 aromatic heterocycles. The molecule has 2 saturated heterocycles. The van der Waals surface area contributed by atoms with Crippen molar-refractivity contribution in [2.24, 2.45) is 5.92 Å². The minimum absolute atomic E-state index is 0.148. The Labute approximate surface area is 198 Å². The number of nitrogens with one attached hydrogen (secondary N) is 1. The van der Waals surface area contributed by atoms with E-state index >= 15 is 0 Å². The van der Waals surface area contributed by atoms with E-state index in [0.717, 1.165) is 5.39 Å². The van der Waals surface area contributed by atoms with Crippen molar-refractivity contribution in [1.82, 2.24) is 9.29 Å². The lowest BCUT2D eigenvalue weighted by molar-refractivity contribution is -0.278. The van der Waals surface area contributed by atoms with E-state index in [0.29, 0.717) is 30.6 Å². The Kier molecular flexibility index (Phi) is 5.55. The molecule has 180 valence electrons. The van der Waals surface area contributed by atoms with Crippen LogP contribution in [0, 0.1) is 5.92 Å². The fourth-order valence-corrected chi connectivity index (χ4v) is 7.46. The minimum Gasteiger partial charge on any atom is -0.468 e. The zero-order valence-corrected chi connectivity index (χ0v) is 20.2. The first kappa shape index (κ1) is 23.0. The topological polar surface area (TPSA) is 95.9 Å². The minimum atomic E-state index is -4.02. The zero-order chi connectivity index (χ0) is 24.1. The van der Waals surface area contributed by atoms with Gasteiger partial charge in [-0.05, 0) is 30.7 Å². The Morgan fingerprint density at radius 1 is 1.00 bits per heavy atom. The fourth-order valence-electron chi connectivity index (χ4n) is 5.85. The van der Waals surface area contributed by atoms with Crippen molar-refractivity contribution in [3.8, 4) is 0 Å². The predicted octanol–water partition coefficient (Wildman–Crippen LogP) is 2.66. The monoisotopic (exact) mass is 484 g/mol. The second-order valence-corrected chi connectivity index (χ2v) is 10.7. The normalized spacial score (nSPS) is 26.0.